The van der Waals surface area contributed by atoms with Crippen LogP contribution in [0.15, 0.2) is 41.9 Å². The Bertz CT molecular complexity index is 775. The first-order valence-corrected chi connectivity index (χ1v) is 8.18. The van der Waals surface area contributed by atoms with Crippen LogP contribution in [-0.2, 0) is 16.0 Å². The molecule has 6 heteroatoms. The Morgan fingerprint density at radius 3 is 2.67 bits per heavy atom. The van der Waals surface area contributed by atoms with Gasteiger partial charge in [0.15, 0.2) is 0 Å². The van der Waals surface area contributed by atoms with Crippen molar-refractivity contribution in [1.82, 2.24) is 14.8 Å². The van der Waals surface area contributed by atoms with Crippen molar-refractivity contribution in [2.75, 3.05) is 5.32 Å². The highest BCUT2D eigenvalue weighted by Gasteiger charge is 2.34. The number of hydrogen-bond acceptors (Lipinski definition) is 5. The van der Waals surface area contributed by atoms with Crippen molar-refractivity contribution in [2.45, 2.75) is 46.3 Å². The lowest BCUT2D eigenvalue weighted by Gasteiger charge is -2.28. The van der Waals surface area contributed by atoms with E-state index in [1.54, 1.807) is 4.68 Å². The number of carbonyl (C=O) groups is 1. The Labute approximate surface area is 141 Å². The third-order valence-corrected chi connectivity index (χ3v) is 4.06. The molecule has 0 spiro atoms. The Balaban J connectivity index is 2.08. The molecule has 1 aliphatic heterocycles. The van der Waals surface area contributed by atoms with Crippen molar-refractivity contribution in [3.63, 3.8) is 0 Å². The molecule has 0 aliphatic carbocycles. The minimum atomic E-state index is -0.346. The molecule has 126 valence electrons. The predicted octanol–water partition coefficient (Wildman–Crippen LogP) is 3.08. The predicted molar refractivity (Wildman–Crippen MR) is 91.5 cm³/mol. The second-order valence-corrected chi connectivity index (χ2v) is 6.14. The van der Waals surface area contributed by atoms with Gasteiger partial charge in [-0.1, -0.05) is 31.2 Å². The van der Waals surface area contributed by atoms with E-state index in [-0.39, 0.29) is 18.1 Å². The average Bonchev–Trinajstić information content (AvgIpc) is 3.00. The minimum absolute atomic E-state index is 0.182. The van der Waals surface area contributed by atoms with E-state index in [4.69, 9.17) is 4.74 Å². The van der Waals surface area contributed by atoms with Crippen molar-refractivity contribution in [1.29, 1.82) is 0 Å². The van der Waals surface area contributed by atoms with E-state index in [0.29, 0.717) is 11.5 Å². The number of nitrogens with one attached hydrogen (secondary N) is 1. The number of fused-ring (bicyclic) bond motifs is 1. The summed E-state index contributed by atoms with van der Waals surface area (Å²) in [6, 6.07) is 7.89. The number of aryl methyl sites for hydroxylation is 1. The highest BCUT2D eigenvalue weighted by molar-refractivity contribution is 5.92. The van der Waals surface area contributed by atoms with E-state index in [0.717, 1.165) is 17.7 Å². The van der Waals surface area contributed by atoms with Gasteiger partial charge in [-0.2, -0.15) is 10.1 Å². The molecule has 0 bridgehead atoms. The summed E-state index contributed by atoms with van der Waals surface area (Å²) in [5.74, 6) is 0.291. The van der Waals surface area contributed by atoms with Crippen LogP contribution in [0.5, 0.6) is 0 Å². The third kappa shape index (κ3) is 2.91. The Hall–Kier alpha value is -2.63. The molecule has 3 rings (SSSR count). The molecule has 0 saturated heterocycles. The van der Waals surface area contributed by atoms with Crippen LogP contribution in [0.3, 0.4) is 0 Å². The van der Waals surface area contributed by atoms with Crippen LogP contribution >= 0.6 is 0 Å². The fourth-order valence-electron chi connectivity index (χ4n) is 2.88. The Morgan fingerprint density at radius 1 is 1.33 bits per heavy atom. The van der Waals surface area contributed by atoms with Crippen molar-refractivity contribution >= 4 is 11.9 Å². The summed E-state index contributed by atoms with van der Waals surface area (Å²) in [6.45, 7) is 7.67. The highest BCUT2D eigenvalue weighted by Crippen LogP contribution is 2.35. The summed E-state index contributed by atoms with van der Waals surface area (Å²) in [5.41, 5.74) is 3.53. The lowest BCUT2D eigenvalue weighted by molar-refractivity contribution is -0.143. The lowest BCUT2D eigenvalue weighted by atomic mass is 9.94. The quantitative estimate of drug-likeness (QED) is 0.875. The van der Waals surface area contributed by atoms with E-state index in [9.17, 15) is 4.79 Å². The first-order chi connectivity index (χ1) is 11.5. The molecule has 24 heavy (non-hydrogen) atoms. The molecule has 2 heterocycles. The fourth-order valence-corrected chi connectivity index (χ4v) is 2.88. The number of benzene rings is 1. The van der Waals surface area contributed by atoms with Crippen LogP contribution in [0, 0.1) is 0 Å². The monoisotopic (exact) mass is 326 g/mol. The summed E-state index contributed by atoms with van der Waals surface area (Å²) in [5, 5.41) is 7.44. The molecule has 0 amide bonds. The smallest absolute Gasteiger partial charge is 0.338 e. The Morgan fingerprint density at radius 2 is 2.04 bits per heavy atom. The zero-order chi connectivity index (χ0) is 17.3. The van der Waals surface area contributed by atoms with Gasteiger partial charge in [-0.05, 0) is 38.3 Å². The van der Waals surface area contributed by atoms with Crippen molar-refractivity contribution in [3.8, 4) is 0 Å². The summed E-state index contributed by atoms with van der Waals surface area (Å²) >= 11 is 0. The first-order valence-electron chi connectivity index (χ1n) is 8.18. The Kier molecular flexibility index (Phi) is 4.38. The van der Waals surface area contributed by atoms with Gasteiger partial charge in [0.05, 0.1) is 11.7 Å². The number of anilines is 1. The SMILES string of the molecule is CCc1ccc(C2C(C(=O)OC(C)C)=C(C)Nc3ncnn32)cc1. The van der Waals surface area contributed by atoms with Crippen LogP contribution in [0.4, 0.5) is 5.95 Å². The molecule has 0 saturated carbocycles. The van der Waals surface area contributed by atoms with E-state index < -0.39 is 0 Å². The zero-order valence-electron chi connectivity index (χ0n) is 14.4. The van der Waals surface area contributed by atoms with Gasteiger partial charge in [0.25, 0.3) is 0 Å². The van der Waals surface area contributed by atoms with E-state index in [2.05, 4.69) is 34.5 Å². The van der Waals surface area contributed by atoms with Gasteiger partial charge in [0, 0.05) is 5.70 Å². The second kappa shape index (κ2) is 6.47. The van der Waals surface area contributed by atoms with Crippen molar-refractivity contribution in [3.05, 3.63) is 53.0 Å². The molecule has 1 atom stereocenters. The van der Waals surface area contributed by atoms with E-state index in [1.165, 1.54) is 11.9 Å². The van der Waals surface area contributed by atoms with Gasteiger partial charge in [-0.25, -0.2) is 9.48 Å². The molecule has 0 radical (unpaired) electrons. The van der Waals surface area contributed by atoms with Crippen LogP contribution in [-0.4, -0.2) is 26.8 Å². The van der Waals surface area contributed by atoms with Gasteiger partial charge >= 0.3 is 5.97 Å². The van der Waals surface area contributed by atoms with Gasteiger partial charge in [-0.15, -0.1) is 0 Å². The summed E-state index contributed by atoms with van der Waals surface area (Å²) < 4.78 is 7.18. The maximum absolute atomic E-state index is 12.7. The van der Waals surface area contributed by atoms with Crippen molar-refractivity contribution < 1.29 is 9.53 Å². The molecule has 2 aromatic rings. The van der Waals surface area contributed by atoms with Gasteiger partial charge in [0.1, 0.15) is 12.4 Å². The molecular formula is C18H22N4O2. The number of esters is 1. The normalized spacial score (nSPS) is 16.8. The zero-order valence-corrected chi connectivity index (χ0v) is 14.4. The fraction of sp³-hybridized carbons (Fsp3) is 0.389. The van der Waals surface area contributed by atoms with Crippen LogP contribution in [0.25, 0.3) is 0 Å². The highest BCUT2D eigenvalue weighted by atomic mass is 16.5. The van der Waals surface area contributed by atoms with Crippen LogP contribution in [0.2, 0.25) is 0 Å². The van der Waals surface area contributed by atoms with E-state index >= 15 is 0 Å². The number of hydrogen-bond donors (Lipinski definition) is 1. The molecule has 1 aromatic heterocycles. The maximum atomic E-state index is 12.7. The summed E-state index contributed by atoms with van der Waals surface area (Å²) in [6.07, 6.45) is 2.27. The first kappa shape index (κ1) is 16.2. The summed E-state index contributed by atoms with van der Waals surface area (Å²) in [7, 11) is 0. The molecular weight excluding hydrogens is 304 g/mol. The largest absolute Gasteiger partial charge is 0.459 e. The van der Waals surface area contributed by atoms with Crippen LogP contribution in [0.1, 0.15) is 44.9 Å². The van der Waals surface area contributed by atoms with Gasteiger partial charge < -0.3 is 10.1 Å². The molecule has 1 N–H and O–H groups in total. The number of allylic oxidation sites excluding steroid dienone is 1. The molecule has 1 aromatic carbocycles. The lowest BCUT2D eigenvalue weighted by Crippen LogP contribution is -2.30. The average molecular weight is 326 g/mol. The third-order valence-electron chi connectivity index (χ3n) is 4.06. The van der Waals surface area contributed by atoms with E-state index in [1.807, 2.05) is 32.9 Å². The number of nitrogens with zero attached hydrogens (tertiary/aromatic N) is 3. The van der Waals surface area contributed by atoms with Gasteiger partial charge in [0.2, 0.25) is 5.95 Å². The number of ether oxygens (including phenoxy) is 1. The van der Waals surface area contributed by atoms with Crippen molar-refractivity contribution in [2.24, 2.45) is 0 Å². The minimum Gasteiger partial charge on any atom is -0.459 e. The number of carbonyl (C=O) groups excluding carboxylic acids is 1. The number of aromatic nitrogens is 3. The van der Waals surface area contributed by atoms with Gasteiger partial charge in [-0.3, -0.25) is 0 Å². The number of rotatable bonds is 4. The molecule has 1 unspecified atom stereocenters. The maximum Gasteiger partial charge on any atom is 0.338 e. The molecule has 0 fully saturated rings. The van der Waals surface area contributed by atoms with Crippen LogP contribution < -0.4 is 5.32 Å². The summed E-state index contributed by atoms with van der Waals surface area (Å²) in [4.78, 5) is 16.9. The molecule has 6 nitrogen and oxygen atoms in total. The topological polar surface area (TPSA) is 69.0 Å². The standard InChI is InChI=1S/C18H22N4O2/c1-5-13-6-8-14(9-7-13)16-15(17(23)24-11(2)3)12(4)21-18-19-10-20-22(16)18/h6-11,16H,5H2,1-4H3,(H,19,20,21). The second-order valence-electron chi connectivity index (χ2n) is 6.14. The molecule has 1 aliphatic rings.